The van der Waals surface area contributed by atoms with Crippen molar-refractivity contribution in [1.82, 2.24) is 0 Å². The van der Waals surface area contributed by atoms with E-state index in [9.17, 15) is 4.39 Å². The number of hydrogen-bond acceptors (Lipinski definition) is 1. The first kappa shape index (κ1) is 11.4. The van der Waals surface area contributed by atoms with E-state index in [4.69, 9.17) is 5.73 Å². The van der Waals surface area contributed by atoms with E-state index < -0.39 is 0 Å². The Kier molecular flexibility index (Phi) is 2.88. The summed E-state index contributed by atoms with van der Waals surface area (Å²) in [5.41, 5.74) is 11.7. The van der Waals surface area contributed by atoms with E-state index in [0.29, 0.717) is 6.54 Å². The van der Waals surface area contributed by atoms with Crippen LogP contribution in [0.15, 0.2) is 36.4 Å². The van der Waals surface area contributed by atoms with Crippen LogP contribution in [0.4, 0.5) is 4.39 Å². The lowest BCUT2D eigenvalue weighted by atomic mass is 9.96. The Labute approximate surface area is 106 Å². The van der Waals surface area contributed by atoms with E-state index in [1.165, 1.54) is 36.1 Å². The summed E-state index contributed by atoms with van der Waals surface area (Å²) in [5, 5.41) is 0. The second-order valence-corrected chi connectivity index (χ2v) is 4.84. The smallest absolute Gasteiger partial charge is 0.123 e. The summed E-state index contributed by atoms with van der Waals surface area (Å²) in [4.78, 5) is 0. The van der Waals surface area contributed by atoms with Gasteiger partial charge in [-0.05, 0) is 59.2 Å². The zero-order valence-electron chi connectivity index (χ0n) is 10.2. The van der Waals surface area contributed by atoms with Crippen molar-refractivity contribution in [2.45, 2.75) is 25.8 Å². The summed E-state index contributed by atoms with van der Waals surface area (Å²) in [6.45, 7) is 0.365. The average molecular weight is 241 g/mol. The standard InChI is InChI=1S/C16H16FN/c17-15-6-7-16(14(9-15)10-18)13-5-4-11-2-1-3-12(11)8-13/h4-9H,1-3,10,18H2. The third kappa shape index (κ3) is 1.93. The highest BCUT2D eigenvalue weighted by atomic mass is 19.1. The molecule has 0 amide bonds. The van der Waals surface area contributed by atoms with Crippen LogP contribution >= 0.6 is 0 Å². The third-order valence-corrected chi connectivity index (χ3v) is 3.70. The molecule has 0 spiro atoms. The van der Waals surface area contributed by atoms with Gasteiger partial charge >= 0.3 is 0 Å². The van der Waals surface area contributed by atoms with Crippen LogP contribution in [0.5, 0.6) is 0 Å². The molecule has 0 atom stereocenters. The molecule has 0 saturated heterocycles. The number of fused-ring (bicyclic) bond motifs is 1. The highest BCUT2D eigenvalue weighted by Gasteiger charge is 2.12. The van der Waals surface area contributed by atoms with Gasteiger partial charge in [0.15, 0.2) is 0 Å². The molecular formula is C16H16FN. The molecule has 2 heteroatoms. The van der Waals surface area contributed by atoms with Gasteiger partial charge in [-0.1, -0.05) is 24.3 Å². The van der Waals surface area contributed by atoms with E-state index >= 15 is 0 Å². The maximum Gasteiger partial charge on any atom is 0.123 e. The minimum absolute atomic E-state index is 0.222. The maximum atomic E-state index is 13.2. The number of halogens is 1. The summed E-state index contributed by atoms with van der Waals surface area (Å²) in [6.07, 6.45) is 3.58. The lowest BCUT2D eigenvalue weighted by Gasteiger charge is -2.10. The first-order valence-electron chi connectivity index (χ1n) is 6.38. The Bertz CT molecular complexity index is 590. The molecule has 2 N–H and O–H groups in total. The number of aryl methyl sites for hydroxylation is 2. The van der Waals surface area contributed by atoms with Crippen LogP contribution in [0.3, 0.4) is 0 Å². The highest BCUT2D eigenvalue weighted by Crippen LogP contribution is 2.30. The van der Waals surface area contributed by atoms with Crippen molar-refractivity contribution in [3.8, 4) is 11.1 Å². The van der Waals surface area contributed by atoms with Gasteiger partial charge in [0.2, 0.25) is 0 Å². The van der Waals surface area contributed by atoms with Gasteiger partial charge in [-0.2, -0.15) is 0 Å². The molecule has 18 heavy (non-hydrogen) atoms. The minimum Gasteiger partial charge on any atom is -0.326 e. The molecule has 1 aliphatic rings. The Morgan fingerprint density at radius 1 is 1.00 bits per heavy atom. The largest absolute Gasteiger partial charge is 0.326 e. The van der Waals surface area contributed by atoms with Crippen molar-refractivity contribution < 1.29 is 4.39 Å². The predicted octanol–water partition coefficient (Wildman–Crippen LogP) is 3.44. The number of nitrogens with two attached hydrogens (primary N) is 1. The van der Waals surface area contributed by atoms with Crippen molar-refractivity contribution in [3.63, 3.8) is 0 Å². The Hall–Kier alpha value is -1.67. The van der Waals surface area contributed by atoms with Crippen LogP contribution in [-0.4, -0.2) is 0 Å². The van der Waals surface area contributed by atoms with E-state index in [1.54, 1.807) is 0 Å². The second-order valence-electron chi connectivity index (χ2n) is 4.84. The summed E-state index contributed by atoms with van der Waals surface area (Å²) in [7, 11) is 0. The van der Waals surface area contributed by atoms with Crippen molar-refractivity contribution in [3.05, 3.63) is 58.9 Å². The molecule has 0 saturated carbocycles. The second kappa shape index (κ2) is 4.54. The average Bonchev–Trinajstić information content (AvgIpc) is 2.85. The normalized spacial score (nSPS) is 13.7. The van der Waals surface area contributed by atoms with Gasteiger partial charge in [-0.3, -0.25) is 0 Å². The SMILES string of the molecule is NCc1cc(F)ccc1-c1ccc2c(c1)CCC2. The molecule has 1 aliphatic carbocycles. The molecule has 1 nitrogen and oxygen atoms in total. The van der Waals surface area contributed by atoms with E-state index in [-0.39, 0.29) is 5.82 Å². The quantitative estimate of drug-likeness (QED) is 0.856. The monoisotopic (exact) mass is 241 g/mol. The van der Waals surface area contributed by atoms with Crippen molar-refractivity contribution in [2.24, 2.45) is 5.73 Å². The fraction of sp³-hybridized carbons (Fsp3) is 0.250. The topological polar surface area (TPSA) is 26.0 Å². The number of hydrogen-bond donors (Lipinski definition) is 1. The highest BCUT2D eigenvalue weighted by molar-refractivity contribution is 5.69. The van der Waals surface area contributed by atoms with E-state index in [0.717, 1.165) is 23.1 Å². The van der Waals surface area contributed by atoms with Crippen molar-refractivity contribution in [1.29, 1.82) is 0 Å². The van der Waals surface area contributed by atoms with E-state index in [2.05, 4.69) is 18.2 Å². The van der Waals surface area contributed by atoms with Gasteiger partial charge in [0.25, 0.3) is 0 Å². The first-order valence-corrected chi connectivity index (χ1v) is 6.38. The van der Waals surface area contributed by atoms with Crippen LogP contribution in [0.25, 0.3) is 11.1 Å². The van der Waals surface area contributed by atoms with Crippen LogP contribution in [0, 0.1) is 5.82 Å². The van der Waals surface area contributed by atoms with Gasteiger partial charge in [0.05, 0.1) is 0 Å². The minimum atomic E-state index is -0.222. The molecule has 2 aromatic carbocycles. The third-order valence-electron chi connectivity index (χ3n) is 3.70. The lowest BCUT2D eigenvalue weighted by Crippen LogP contribution is -2.00. The number of benzene rings is 2. The Morgan fingerprint density at radius 2 is 1.83 bits per heavy atom. The molecular weight excluding hydrogens is 225 g/mol. The molecule has 0 aliphatic heterocycles. The zero-order valence-corrected chi connectivity index (χ0v) is 10.2. The Morgan fingerprint density at radius 3 is 2.67 bits per heavy atom. The summed E-state index contributed by atoms with van der Waals surface area (Å²) in [6, 6.07) is 11.4. The lowest BCUT2D eigenvalue weighted by molar-refractivity contribution is 0.625. The molecule has 0 aromatic heterocycles. The summed E-state index contributed by atoms with van der Waals surface area (Å²) in [5.74, 6) is -0.222. The summed E-state index contributed by atoms with van der Waals surface area (Å²) < 4.78 is 13.2. The predicted molar refractivity (Wildman–Crippen MR) is 71.8 cm³/mol. The molecule has 2 aromatic rings. The molecule has 0 heterocycles. The van der Waals surface area contributed by atoms with Gasteiger partial charge in [0.1, 0.15) is 5.82 Å². The van der Waals surface area contributed by atoms with Crippen molar-refractivity contribution >= 4 is 0 Å². The Balaban J connectivity index is 2.09. The fourth-order valence-electron chi connectivity index (χ4n) is 2.75. The zero-order chi connectivity index (χ0) is 12.5. The summed E-state index contributed by atoms with van der Waals surface area (Å²) >= 11 is 0. The van der Waals surface area contributed by atoms with Gasteiger partial charge in [0, 0.05) is 6.54 Å². The molecule has 0 fully saturated rings. The molecule has 3 rings (SSSR count). The van der Waals surface area contributed by atoms with Gasteiger partial charge in [-0.25, -0.2) is 4.39 Å². The van der Waals surface area contributed by atoms with Crippen LogP contribution in [0.2, 0.25) is 0 Å². The van der Waals surface area contributed by atoms with Crippen molar-refractivity contribution in [2.75, 3.05) is 0 Å². The van der Waals surface area contributed by atoms with Crippen LogP contribution < -0.4 is 5.73 Å². The van der Waals surface area contributed by atoms with Gasteiger partial charge in [-0.15, -0.1) is 0 Å². The maximum absolute atomic E-state index is 13.2. The fourth-order valence-corrected chi connectivity index (χ4v) is 2.75. The van der Waals surface area contributed by atoms with E-state index in [1.807, 2.05) is 6.07 Å². The molecule has 0 bridgehead atoms. The van der Waals surface area contributed by atoms with Crippen LogP contribution in [-0.2, 0) is 19.4 Å². The first-order chi connectivity index (χ1) is 8.78. The molecule has 0 radical (unpaired) electrons. The van der Waals surface area contributed by atoms with Crippen LogP contribution in [0.1, 0.15) is 23.1 Å². The molecule has 0 unspecified atom stereocenters. The molecule has 92 valence electrons. The number of rotatable bonds is 2. The van der Waals surface area contributed by atoms with Gasteiger partial charge < -0.3 is 5.73 Å².